The maximum Gasteiger partial charge on any atom is 0.141 e. The van der Waals surface area contributed by atoms with Crippen LogP contribution < -0.4 is 5.73 Å². The molecule has 3 N–H and O–H groups in total. The van der Waals surface area contributed by atoms with E-state index in [2.05, 4.69) is 9.97 Å². The molecule has 90 valence electrons. The summed E-state index contributed by atoms with van der Waals surface area (Å²) in [6.45, 7) is -0.148. The molecule has 0 aliphatic carbocycles. The summed E-state index contributed by atoms with van der Waals surface area (Å²) < 4.78 is 1.81. The first kappa shape index (κ1) is 10.7. The van der Waals surface area contributed by atoms with E-state index in [0.29, 0.717) is 17.5 Å². The largest absolute Gasteiger partial charge is 0.388 e. The van der Waals surface area contributed by atoms with Crippen LogP contribution in [0.1, 0.15) is 5.82 Å². The van der Waals surface area contributed by atoms with E-state index >= 15 is 0 Å². The Hall–Kier alpha value is -2.40. The monoisotopic (exact) mass is 240 g/mol. The molecular weight excluding hydrogens is 228 g/mol. The van der Waals surface area contributed by atoms with E-state index < -0.39 is 0 Å². The Balaban J connectivity index is 2.33. The molecule has 0 saturated heterocycles. The number of rotatable bonds is 2. The van der Waals surface area contributed by atoms with Crippen molar-refractivity contribution in [3.8, 4) is 5.82 Å². The zero-order valence-electron chi connectivity index (χ0n) is 9.61. The SMILES string of the molecule is Nc1cccc(-n2c(CO)nc3ccccc32)n1. The van der Waals surface area contributed by atoms with Gasteiger partial charge >= 0.3 is 0 Å². The number of nitrogens with zero attached hydrogens (tertiary/aromatic N) is 3. The van der Waals surface area contributed by atoms with Crippen molar-refractivity contribution in [2.45, 2.75) is 6.61 Å². The molecule has 0 radical (unpaired) electrons. The zero-order valence-corrected chi connectivity index (χ0v) is 9.61. The predicted octanol–water partition coefficient (Wildman–Crippen LogP) is 1.49. The molecule has 1 aromatic carbocycles. The third-order valence-electron chi connectivity index (χ3n) is 2.76. The number of hydrogen-bond donors (Lipinski definition) is 2. The molecule has 2 aromatic heterocycles. The summed E-state index contributed by atoms with van der Waals surface area (Å²) in [6.07, 6.45) is 0. The summed E-state index contributed by atoms with van der Waals surface area (Å²) in [7, 11) is 0. The first-order chi connectivity index (χ1) is 8.79. The lowest BCUT2D eigenvalue weighted by Crippen LogP contribution is -2.04. The summed E-state index contributed by atoms with van der Waals surface area (Å²) in [4.78, 5) is 8.63. The Morgan fingerprint density at radius 2 is 1.89 bits per heavy atom. The van der Waals surface area contributed by atoms with Gasteiger partial charge in [-0.25, -0.2) is 9.97 Å². The van der Waals surface area contributed by atoms with Gasteiger partial charge in [-0.1, -0.05) is 18.2 Å². The van der Waals surface area contributed by atoms with Crippen LogP contribution in [0, 0.1) is 0 Å². The number of fused-ring (bicyclic) bond motifs is 1. The number of benzene rings is 1. The molecule has 0 aliphatic rings. The van der Waals surface area contributed by atoms with Gasteiger partial charge in [0.15, 0.2) is 0 Å². The van der Waals surface area contributed by atoms with Gasteiger partial charge in [0.25, 0.3) is 0 Å². The molecule has 3 rings (SSSR count). The number of hydrogen-bond acceptors (Lipinski definition) is 4. The lowest BCUT2D eigenvalue weighted by atomic mass is 10.3. The van der Waals surface area contributed by atoms with Crippen molar-refractivity contribution < 1.29 is 5.11 Å². The topological polar surface area (TPSA) is 77.0 Å². The molecule has 0 spiro atoms. The molecule has 0 bridgehead atoms. The standard InChI is InChI=1S/C13H12N4O/c14-11-6-3-7-12(16-11)17-10-5-2-1-4-9(10)15-13(17)8-18/h1-7,18H,8H2,(H2,14,16). The highest BCUT2D eigenvalue weighted by Crippen LogP contribution is 2.20. The number of nitrogen functional groups attached to an aromatic ring is 1. The second-order valence-electron chi connectivity index (χ2n) is 3.93. The van der Waals surface area contributed by atoms with Crippen LogP contribution >= 0.6 is 0 Å². The number of para-hydroxylation sites is 2. The van der Waals surface area contributed by atoms with Crippen molar-refractivity contribution in [3.63, 3.8) is 0 Å². The van der Waals surface area contributed by atoms with Gasteiger partial charge in [0, 0.05) is 0 Å². The van der Waals surface area contributed by atoms with Gasteiger partial charge in [-0.3, -0.25) is 4.57 Å². The van der Waals surface area contributed by atoms with Crippen LogP contribution in [-0.2, 0) is 6.61 Å². The maximum absolute atomic E-state index is 9.41. The van der Waals surface area contributed by atoms with Crippen LogP contribution in [0.5, 0.6) is 0 Å². The van der Waals surface area contributed by atoms with E-state index in [1.54, 1.807) is 6.07 Å². The molecule has 5 heteroatoms. The molecule has 18 heavy (non-hydrogen) atoms. The fraction of sp³-hybridized carbons (Fsp3) is 0.0769. The Morgan fingerprint density at radius 3 is 2.67 bits per heavy atom. The average Bonchev–Trinajstić information content (AvgIpc) is 2.77. The summed E-state index contributed by atoms with van der Waals surface area (Å²) in [5, 5.41) is 9.41. The van der Waals surface area contributed by atoms with Crippen LogP contribution in [0.2, 0.25) is 0 Å². The molecule has 0 saturated carbocycles. The maximum atomic E-state index is 9.41. The molecule has 0 aliphatic heterocycles. The first-order valence-electron chi connectivity index (χ1n) is 5.60. The highest BCUT2D eigenvalue weighted by Gasteiger charge is 2.11. The fourth-order valence-corrected chi connectivity index (χ4v) is 2.00. The molecule has 0 fully saturated rings. The quantitative estimate of drug-likeness (QED) is 0.711. The molecule has 0 atom stereocenters. The van der Waals surface area contributed by atoms with Crippen molar-refractivity contribution in [1.82, 2.24) is 14.5 Å². The van der Waals surface area contributed by atoms with Crippen LogP contribution in [0.4, 0.5) is 5.82 Å². The second kappa shape index (κ2) is 4.12. The van der Waals surface area contributed by atoms with Gasteiger partial charge in [-0.15, -0.1) is 0 Å². The highest BCUT2D eigenvalue weighted by molar-refractivity contribution is 5.77. The molecule has 0 amide bonds. The van der Waals surface area contributed by atoms with E-state index in [0.717, 1.165) is 11.0 Å². The van der Waals surface area contributed by atoms with Gasteiger partial charge in [0.2, 0.25) is 0 Å². The summed E-state index contributed by atoms with van der Waals surface area (Å²) in [5.74, 6) is 1.65. The number of anilines is 1. The Morgan fingerprint density at radius 1 is 1.06 bits per heavy atom. The van der Waals surface area contributed by atoms with Crippen LogP contribution in [0.25, 0.3) is 16.9 Å². The van der Waals surface area contributed by atoms with E-state index in [4.69, 9.17) is 5.73 Å². The predicted molar refractivity (Wildman–Crippen MR) is 69.2 cm³/mol. The van der Waals surface area contributed by atoms with Crippen LogP contribution in [0.3, 0.4) is 0 Å². The van der Waals surface area contributed by atoms with Crippen molar-refractivity contribution in [2.75, 3.05) is 5.73 Å². The zero-order chi connectivity index (χ0) is 12.5. The number of aliphatic hydroxyl groups excluding tert-OH is 1. The Kier molecular flexibility index (Phi) is 2.46. The van der Waals surface area contributed by atoms with E-state index in [1.807, 2.05) is 41.0 Å². The number of aromatic nitrogens is 3. The van der Waals surface area contributed by atoms with Crippen molar-refractivity contribution in [1.29, 1.82) is 0 Å². The Bertz CT molecular complexity index is 705. The molecule has 3 aromatic rings. The van der Waals surface area contributed by atoms with Crippen molar-refractivity contribution in [2.24, 2.45) is 0 Å². The highest BCUT2D eigenvalue weighted by atomic mass is 16.3. The van der Waals surface area contributed by atoms with E-state index in [1.165, 1.54) is 0 Å². The normalized spacial score (nSPS) is 10.9. The minimum atomic E-state index is -0.148. The molecule has 5 nitrogen and oxygen atoms in total. The Labute approximate surface area is 104 Å². The lowest BCUT2D eigenvalue weighted by Gasteiger charge is -2.07. The van der Waals surface area contributed by atoms with E-state index in [9.17, 15) is 5.11 Å². The van der Waals surface area contributed by atoms with Crippen LogP contribution in [-0.4, -0.2) is 19.6 Å². The number of imidazole rings is 1. The van der Waals surface area contributed by atoms with Crippen molar-refractivity contribution >= 4 is 16.9 Å². The second-order valence-corrected chi connectivity index (χ2v) is 3.93. The van der Waals surface area contributed by atoms with Crippen LogP contribution in [0.15, 0.2) is 42.5 Å². The van der Waals surface area contributed by atoms with Gasteiger partial charge in [0.05, 0.1) is 11.0 Å². The molecular formula is C13H12N4O. The smallest absolute Gasteiger partial charge is 0.141 e. The molecule has 0 unspecified atom stereocenters. The van der Waals surface area contributed by atoms with Gasteiger partial charge in [-0.05, 0) is 24.3 Å². The fourth-order valence-electron chi connectivity index (χ4n) is 2.00. The summed E-state index contributed by atoms with van der Waals surface area (Å²) >= 11 is 0. The lowest BCUT2D eigenvalue weighted by molar-refractivity contribution is 0.270. The third kappa shape index (κ3) is 1.61. The summed E-state index contributed by atoms with van der Waals surface area (Å²) in [5.41, 5.74) is 7.42. The average molecular weight is 240 g/mol. The number of nitrogens with two attached hydrogens (primary N) is 1. The van der Waals surface area contributed by atoms with E-state index in [-0.39, 0.29) is 6.61 Å². The minimum absolute atomic E-state index is 0.148. The van der Waals surface area contributed by atoms with Gasteiger partial charge < -0.3 is 10.8 Å². The van der Waals surface area contributed by atoms with Gasteiger partial charge in [-0.2, -0.15) is 0 Å². The first-order valence-corrected chi connectivity index (χ1v) is 5.60. The molecule has 2 heterocycles. The number of pyridine rings is 1. The number of aliphatic hydroxyl groups is 1. The van der Waals surface area contributed by atoms with Crippen molar-refractivity contribution in [3.05, 3.63) is 48.3 Å². The minimum Gasteiger partial charge on any atom is -0.388 e. The summed E-state index contributed by atoms with van der Waals surface area (Å²) in [6, 6.07) is 13.1. The third-order valence-corrected chi connectivity index (χ3v) is 2.76. The van der Waals surface area contributed by atoms with Gasteiger partial charge in [0.1, 0.15) is 24.1 Å².